The second kappa shape index (κ2) is 14.1. The third-order valence-corrected chi connectivity index (χ3v) is 10.5. The minimum Gasteiger partial charge on any atom is -0.493 e. The van der Waals surface area contributed by atoms with Gasteiger partial charge in [-0.3, -0.25) is 9.59 Å². The van der Waals surface area contributed by atoms with E-state index in [0.717, 1.165) is 18.8 Å². The molecular formula is C32H45IN2O7. The number of ether oxygens (including phenoxy) is 2. The molecule has 2 amide bonds. The Hall–Kier alpha value is -2.15. The molecule has 2 bridgehead atoms. The minimum atomic E-state index is -1.11. The maximum Gasteiger partial charge on any atom is 0.247 e. The van der Waals surface area contributed by atoms with Gasteiger partial charge >= 0.3 is 0 Å². The minimum absolute atomic E-state index is 0.0755. The van der Waals surface area contributed by atoms with E-state index in [2.05, 4.69) is 48.3 Å². The molecule has 4 aliphatic carbocycles. The molecule has 0 radical (unpaired) electrons. The average molecular weight is 697 g/mol. The third-order valence-electron chi connectivity index (χ3n) is 9.66. The maximum absolute atomic E-state index is 13.8. The van der Waals surface area contributed by atoms with Gasteiger partial charge in [0.1, 0.15) is 12.2 Å². The predicted octanol–water partition coefficient (Wildman–Crippen LogP) is 3.57. The van der Waals surface area contributed by atoms with Crippen molar-refractivity contribution < 1.29 is 34.4 Å². The van der Waals surface area contributed by atoms with E-state index in [-0.39, 0.29) is 49.8 Å². The summed E-state index contributed by atoms with van der Waals surface area (Å²) in [5.74, 6) is 1.88. The van der Waals surface area contributed by atoms with Crippen LogP contribution in [0.2, 0.25) is 0 Å². The number of benzene rings is 1. The van der Waals surface area contributed by atoms with Crippen molar-refractivity contribution in [3.8, 4) is 11.5 Å². The van der Waals surface area contributed by atoms with Crippen molar-refractivity contribution >= 4 is 34.4 Å². The molecule has 6 unspecified atom stereocenters. The van der Waals surface area contributed by atoms with Crippen LogP contribution in [-0.4, -0.2) is 77.1 Å². The zero-order chi connectivity index (χ0) is 30.6. The zero-order valence-corrected chi connectivity index (χ0v) is 27.0. The van der Waals surface area contributed by atoms with Gasteiger partial charge in [0, 0.05) is 31.5 Å². The highest BCUT2D eigenvalue weighted by molar-refractivity contribution is 14.1. The van der Waals surface area contributed by atoms with Gasteiger partial charge in [0.2, 0.25) is 11.8 Å². The highest BCUT2D eigenvalue weighted by Crippen LogP contribution is 2.61. The van der Waals surface area contributed by atoms with Crippen LogP contribution in [0.1, 0.15) is 57.9 Å². The number of aliphatic hydroxyl groups is 3. The standard InChI is InChI=1S/C32H45IN2O7/c1-5-6-7-28(38)35(17-20-8-9-22-16-23(20)32(22,2)3)25-14-21(31(40)34-10-11-36)15-26(29(25)39)42-30-24(33)12-19(18-37)13-27(30)41-4/h5,12-13,15,20,22-23,25-26,29,36-37,39H,1,6-11,14,16-18H2,2-4H3,(H,34,40). The van der Waals surface area contributed by atoms with Gasteiger partial charge in [-0.05, 0) is 95.2 Å². The third kappa shape index (κ3) is 6.81. The molecule has 0 saturated heterocycles. The van der Waals surface area contributed by atoms with Gasteiger partial charge in [0.05, 0.1) is 29.9 Å². The van der Waals surface area contributed by atoms with Crippen molar-refractivity contribution in [3.05, 3.63) is 45.6 Å². The number of aliphatic hydroxyl groups excluding tert-OH is 3. The Morgan fingerprint density at radius 1 is 1.26 bits per heavy atom. The highest BCUT2D eigenvalue weighted by atomic mass is 127. The number of hydrogen-bond acceptors (Lipinski definition) is 7. The number of halogens is 1. The van der Waals surface area contributed by atoms with Crippen molar-refractivity contribution in [2.24, 2.45) is 23.2 Å². The van der Waals surface area contributed by atoms with Crippen molar-refractivity contribution in [2.45, 2.75) is 77.2 Å². The molecule has 1 aromatic rings. The van der Waals surface area contributed by atoms with Crippen LogP contribution in [0.5, 0.6) is 11.5 Å². The van der Waals surface area contributed by atoms with E-state index in [1.807, 2.05) is 0 Å². The summed E-state index contributed by atoms with van der Waals surface area (Å²) >= 11 is 2.09. The lowest BCUT2D eigenvalue weighted by Crippen LogP contribution is -2.59. The van der Waals surface area contributed by atoms with E-state index < -0.39 is 18.2 Å². The summed E-state index contributed by atoms with van der Waals surface area (Å²) in [7, 11) is 1.50. The number of carbonyl (C=O) groups excluding carboxylic acids is 2. The Bertz CT molecular complexity index is 1180. The quantitative estimate of drug-likeness (QED) is 0.184. The first-order valence-corrected chi connectivity index (χ1v) is 16.0. The summed E-state index contributed by atoms with van der Waals surface area (Å²) in [4.78, 5) is 28.7. The van der Waals surface area contributed by atoms with Crippen LogP contribution in [-0.2, 0) is 16.2 Å². The number of rotatable bonds is 13. The molecule has 0 spiro atoms. The van der Waals surface area contributed by atoms with Crippen molar-refractivity contribution in [1.29, 1.82) is 0 Å². The lowest BCUT2D eigenvalue weighted by Gasteiger charge is -2.61. The lowest BCUT2D eigenvalue weighted by atomic mass is 9.45. The molecule has 232 valence electrons. The van der Waals surface area contributed by atoms with Crippen LogP contribution < -0.4 is 14.8 Å². The van der Waals surface area contributed by atoms with Gasteiger partial charge in [0.15, 0.2) is 11.5 Å². The molecule has 0 aliphatic heterocycles. The molecule has 3 fully saturated rings. The zero-order valence-electron chi connectivity index (χ0n) is 24.9. The fraction of sp³-hybridized carbons (Fsp3) is 0.625. The number of fused-ring (bicyclic) bond motifs is 2. The molecule has 1 aromatic carbocycles. The van der Waals surface area contributed by atoms with Crippen molar-refractivity contribution in [2.75, 3.05) is 26.8 Å². The van der Waals surface area contributed by atoms with Crippen LogP contribution >= 0.6 is 22.6 Å². The second-order valence-electron chi connectivity index (χ2n) is 12.4. The summed E-state index contributed by atoms with van der Waals surface area (Å²) in [5.41, 5.74) is 1.27. The van der Waals surface area contributed by atoms with Gasteiger partial charge in [-0.25, -0.2) is 0 Å². The summed E-state index contributed by atoms with van der Waals surface area (Å²) in [5, 5.41) is 33.5. The number of allylic oxidation sites excluding steroid dienone is 1. The Labute approximate surface area is 262 Å². The van der Waals surface area contributed by atoms with Crippen LogP contribution in [0.4, 0.5) is 0 Å². The largest absolute Gasteiger partial charge is 0.493 e. The van der Waals surface area contributed by atoms with Gasteiger partial charge in [-0.15, -0.1) is 6.58 Å². The monoisotopic (exact) mass is 696 g/mol. The molecule has 5 rings (SSSR count). The maximum atomic E-state index is 13.8. The SMILES string of the molecule is C=CCCC(=O)N(CC1CCC2CC1C2(C)C)C1CC(C(=O)NCCO)=CC(Oc2c(I)cc(CO)cc2OC)C1O. The fourth-order valence-electron chi connectivity index (χ4n) is 7.12. The van der Waals surface area contributed by atoms with Crippen LogP contribution in [0.25, 0.3) is 0 Å². The Balaban J connectivity index is 1.69. The summed E-state index contributed by atoms with van der Waals surface area (Å²) in [6.07, 6.45) is 5.56. The number of nitrogens with one attached hydrogen (secondary N) is 1. The highest BCUT2D eigenvalue weighted by Gasteiger charge is 2.55. The van der Waals surface area contributed by atoms with E-state index >= 15 is 0 Å². The smallest absolute Gasteiger partial charge is 0.247 e. The molecule has 4 N–H and O–H groups in total. The van der Waals surface area contributed by atoms with E-state index in [4.69, 9.17) is 9.47 Å². The van der Waals surface area contributed by atoms with Gasteiger partial charge in [0.25, 0.3) is 0 Å². The van der Waals surface area contributed by atoms with Crippen LogP contribution in [0.3, 0.4) is 0 Å². The molecule has 0 heterocycles. The Morgan fingerprint density at radius 3 is 2.64 bits per heavy atom. The molecule has 0 aromatic heterocycles. The van der Waals surface area contributed by atoms with Gasteiger partial charge in [-0.2, -0.15) is 0 Å². The first kappa shape index (κ1) is 32.8. The van der Waals surface area contributed by atoms with Gasteiger partial charge < -0.3 is 35.0 Å². The summed E-state index contributed by atoms with van der Waals surface area (Å²) < 4.78 is 12.6. The van der Waals surface area contributed by atoms with Crippen LogP contribution in [0.15, 0.2) is 36.4 Å². The molecule has 4 aliphatic rings. The molecular weight excluding hydrogens is 651 g/mol. The fourth-order valence-corrected chi connectivity index (χ4v) is 7.91. The van der Waals surface area contributed by atoms with E-state index in [1.54, 1.807) is 29.2 Å². The number of hydrogen-bond donors (Lipinski definition) is 4. The molecule has 9 nitrogen and oxygen atoms in total. The molecule has 6 atom stereocenters. The normalized spacial score (nSPS) is 27.7. The predicted molar refractivity (Wildman–Crippen MR) is 168 cm³/mol. The number of amides is 2. The summed E-state index contributed by atoms with van der Waals surface area (Å²) in [6.45, 7) is 8.66. The topological polar surface area (TPSA) is 129 Å². The molecule has 10 heteroatoms. The van der Waals surface area contributed by atoms with E-state index in [0.29, 0.717) is 51.0 Å². The molecule has 3 saturated carbocycles. The van der Waals surface area contributed by atoms with E-state index in [1.165, 1.54) is 13.5 Å². The van der Waals surface area contributed by atoms with Gasteiger partial charge in [-0.1, -0.05) is 19.9 Å². The molecule has 42 heavy (non-hydrogen) atoms. The number of carbonyl (C=O) groups is 2. The van der Waals surface area contributed by atoms with E-state index in [9.17, 15) is 24.9 Å². The van der Waals surface area contributed by atoms with Crippen molar-refractivity contribution in [1.82, 2.24) is 10.2 Å². The van der Waals surface area contributed by atoms with Crippen molar-refractivity contribution in [3.63, 3.8) is 0 Å². The second-order valence-corrected chi connectivity index (χ2v) is 13.5. The lowest BCUT2D eigenvalue weighted by molar-refractivity contribution is -0.148. The Kier molecular flexibility index (Phi) is 11.0. The Morgan fingerprint density at radius 2 is 2.02 bits per heavy atom. The number of methoxy groups -OCH3 is 1. The first-order chi connectivity index (χ1) is 20.0. The average Bonchev–Trinajstić information content (AvgIpc) is 2.99. The first-order valence-electron chi connectivity index (χ1n) is 14.9. The summed E-state index contributed by atoms with van der Waals surface area (Å²) in [6, 6.07) is 2.75. The van der Waals surface area contributed by atoms with Crippen LogP contribution in [0, 0.1) is 26.7 Å². The number of nitrogens with zero attached hydrogens (tertiary/aromatic N) is 1.